The Morgan fingerprint density at radius 1 is 0.407 bits per heavy atom. The molecule has 7 aromatic rings. The number of aryl methyl sites for hydroxylation is 4. The van der Waals surface area contributed by atoms with Crippen LogP contribution in [0.25, 0.3) is 0 Å². The van der Waals surface area contributed by atoms with Crippen LogP contribution in [0, 0.1) is 27.7 Å². The summed E-state index contributed by atoms with van der Waals surface area (Å²) in [7, 11) is 0. The second-order valence-electron chi connectivity index (χ2n) is 14.3. The second-order valence-corrected chi connectivity index (χ2v) is 14.3. The normalized spacial score (nSPS) is 12.1. The summed E-state index contributed by atoms with van der Waals surface area (Å²) >= 11 is 0. The number of nitrogens with zero attached hydrogens (tertiary/aromatic N) is 3. The van der Waals surface area contributed by atoms with E-state index in [0.717, 1.165) is 45.3 Å². The minimum atomic E-state index is -0.0422. The molecule has 0 bridgehead atoms. The van der Waals surface area contributed by atoms with Crippen molar-refractivity contribution < 1.29 is 0 Å². The van der Waals surface area contributed by atoms with Gasteiger partial charge in [-0.25, -0.2) is 4.98 Å². The molecule has 0 radical (unpaired) electrons. The highest BCUT2D eigenvalue weighted by molar-refractivity contribution is 6.02. The second kappa shape index (κ2) is 16.2. The van der Waals surface area contributed by atoms with Crippen molar-refractivity contribution in [2.45, 2.75) is 53.4 Å². The van der Waals surface area contributed by atoms with E-state index in [1.165, 1.54) is 44.5 Å². The largest absolute Gasteiger partial charge is 0.251 e. The molecule has 1 aromatic heterocycles. The molecule has 6 aromatic carbocycles. The molecule has 0 aliphatic rings. The fourth-order valence-corrected chi connectivity index (χ4v) is 7.72. The molecule has 0 amide bonds. The molecular weight excluding hydrogens is 655 g/mol. The summed E-state index contributed by atoms with van der Waals surface area (Å²) in [6.45, 7) is 12.7. The Hall–Kier alpha value is -6.19. The minimum absolute atomic E-state index is 0.0422. The lowest BCUT2D eigenvalue weighted by Gasteiger charge is -2.26. The predicted octanol–water partition coefficient (Wildman–Crippen LogP) is 13.0. The summed E-state index contributed by atoms with van der Waals surface area (Å²) < 4.78 is 0. The number of hydrogen-bond donors (Lipinski definition) is 0. The molecule has 0 saturated heterocycles. The number of rotatable bonds is 10. The Labute approximate surface area is 320 Å². The predicted molar refractivity (Wildman–Crippen MR) is 227 cm³/mol. The first-order chi connectivity index (χ1) is 26.3. The zero-order chi connectivity index (χ0) is 37.6. The van der Waals surface area contributed by atoms with Crippen LogP contribution in [0.2, 0.25) is 0 Å². The van der Waals surface area contributed by atoms with E-state index in [-0.39, 0.29) is 11.8 Å². The van der Waals surface area contributed by atoms with Gasteiger partial charge in [-0.2, -0.15) is 0 Å². The van der Waals surface area contributed by atoms with Gasteiger partial charge in [0.1, 0.15) is 0 Å². The van der Waals surface area contributed by atoms with Gasteiger partial charge >= 0.3 is 0 Å². The monoisotopic (exact) mass is 701 g/mol. The molecule has 54 heavy (non-hydrogen) atoms. The summed E-state index contributed by atoms with van der Waals surface area (Å²) in [6.07, 6.45) is 0. The standard InChI is InChI=1S/C51H47N3/c1-34-30-35(2)50(36(3)31-34)52-38(5)46-28-19-29-47(54-46)39(6)53-51-37(4)32-44(48(40-20-11-7-12-21-40)41-22-13-8-14-23-41)33-45(51)49(42-24-15-9-16-25-42)43-26-17-10-18-27-43/h7-33,48-49H,1-6H3. The molecule has 0 unspecified atom stereocenters. The zero-order valence-corrected chi connectivity index (χ0v) is 32.1. The van der Waals surface area contributed by atoms with Crippen molar-refractivity contribution in [1.29, 1.82) is 0 Å². The van der Waals surface area contributed by atoms with Gasteiger partial charge in [0.05, 0.1) is 34.2 Å². The van der Waals surface area contributed by atoms with Gasteiger partial charge in [-0.05, 0) is 104 Å². The SMILES string of the molecule is CC(=Nc1c(C)cc(C)cc1C)c1cccc(C(C)=Nc2c(C)cc(C(c3ccccc3)c3ccccc3)cc2C(c2ccccc2)c2ccccc2)n1. The van der Waals surface area contributed by atoms with E-state index in [2.05, 4.69) is 186 Å². The van der Waals surface area contributed by atoms with Crippen molar-refractivity contribution in [3.05, 3.63) is 231 Å². The fourth-order valence-electron chi connectivity index (χ4n) is 7.72. The Bertz CT molecular complexity index is 2330. The highest BCUT2D eigenvalue weighted by Crippen LogP contribution is 2.43. The zero-order valence-electron chi connectivity index (χ0n) is 32.1. The molecule has 0 spiro atoms. The first kappa shape index (κ1) is 36.2. The van der Waals surface area contributed by atoms with Crippen LogP contribution in [-0.2, 0) is 0 Å². The lowest BCUT2D eigenvalue weighted by Crippen LogP contribution is -2.10. The van der Waals surface area contributed by atoms with E-state index in [9.17, 15) is 0 Å². The Morgan fingerprint density at radius 2 is 0.796 bits per heavy atom. The average Bonchev–Trinajstić information content (AvgIpc) is 3.19. The third-order valence-electron chi connectivity index (χ3n) is 10.2. The fraction of sp³-hybridized carbons (Fsp3) is 0.157. The van der Waals surface area contributed by atoms with E-state index >= 15 is 0 Å². The molecule has 0 aliphatic heterocycles. The first-order valence-corrected chi connectivity index (χ1v) is 18.8. The van der Waals surface area contributed by atoms with E-state index in [4.69, 9.17) is 15.0 Å². The average molecular weight is 702 g/mol. The van der Waals surface area contributed by atoms with Crippen molar-refractivity contribution in [2.75, 3.05) is 0 Å². The number of hydrogen-bond acceptors (Lipinski definition) is 3. The number of benzene rings is 6. The van der Waals surface area contributed by atoms with E-state index in [0.29, 0.717) is 0 Å². The Morgan fingerprint density at radius 3 is 1.24 bits per heavy atom. The molecule has 266 valence electrons. The lowest BCUT2D eigenvalue weighted by atomic mass is 9.79. The quantitative estimate of drug-likeness (QED) is 0.103. The van der Waals surface area contributed by atoms with Gasteiger partial charge in [-0.15, -0.1) is 0 Å². The molecule has 0 aliphatic carbocycles. The number of aliphatic imine (C=N–C) groups is 2. The summed E-state index contributed by atoms with van der Waals surface area (Å²) in [4.78, 5) is 15.7. The van der Waals surface area contributed by atoms with Gasteiger partial charge in [0.15, 0.2) is 0 Å². The molecule has 7 rings (SSSR count). The topological polar surface area (TPSA) is 37.6 Å². The third-order valence-corrected chi connectivity index (χ3v) is 10.2. The molecule has 0 saturated carbocycles. The molecule has 0 atom stereocenters. The summed E-state index contributed by atoms with van der Waals surface area (Å²) in [5.41, 5.74) is 17.4. The van der Waals surface area contributed by atoms with Crippen molar-refractivity contribution in [3.63, 3.8) is 0 Å². The maximum Gasteiger partial charge on any atom is 0.0849 e. The van der Waals surface area contributed by atoms with Gasteiger partial charge in [0, 0.05) is 11.8 Å². The highest BCUT2D eigenvalue weighted by Gasteiger charge is 2.25. The molecule has 1 heterocycles. The van der Waals surface area contributed by atoms with Crippen molar-refractivity contribution in [2.24, 2.45) is 9.98 Å². The van der Waals surface area contributed by atoms with E-state index < -0.39 is 0 Å². The number of pyridine rings is 1. The smallest absolute Gasteiger partial charge is 0.0849 e. The first-order valence-electron chi connectivity index (χ1n) is 18.8. The number of aromatic nitrogens is 1. The van der Waals surface area contributed by atoms with Gasteiger partial charge in [-0.1, -0.05) is 157 Å². The molecule has 0 N–H and O–H groups in total. The van der Waals surface area contributed by atoms with Gasteiger partial charge in [-0.3, -0.25) is 9.98 Å². The molecular formula is C51H47N3. The van der Waals surface area contributed by atoms with Gasteiger partial charge < -0.3 is 0 Å². The Kier molecular flexibility index (Phi) is 10.9. The summed E-state index contributed by atoms with van der Waals surface area (Å²) in [5, 5.41) is 0. The van der Waals surface area contributed by atoms with Crippen LogP contribution in [-0.4, -0.2) is 16.4 Å². The molecule has 3 heteroatoms. The third kappa shape index (κ3) is 7.91. The molecule has 3 nitrogen and oxygen atoms in total. The van der Waals surface area contributed by atoms with Crippen molar-refractivity contribution >= 4 is 22.8 Å². The van der Waals surface area contributed by atoms with Crippen LogP contribution in [0.1, 0.15) is 92.7 Å². The van der Waals surface area contributed by atoms with Crippen LogP contribution in [0.4, 0.5) is 11.4 Å². The Balaban J connectivity index is 1.41. The maximum atomic E-state index is 5.48. The van der Waals surface area contributed by atoms with Crippen molar-refractivity contribution in [3.8, 4) is 0 Å². The van der Waals surface area contributed by atoms with Gasteiger partial charge in [0.2, 0.25) is 0 Å². The van der Waals surface area contributed by atoms with Crippen LogP contribution in [0.5, 0.6) is 0 Å². The minimum Gasteiger partial charge on any atom is -0.251 e. The lowest BCUT2D eigenvalue weighted by molar-refractivity contribution is 0.934. The van der Waals surface area contributed by atoms with Crippen molar-refractivity contribution in [1.82, 2.24) is 4.98 Å². The van der Waals surface area contributed by atoms with Crippen LogP contribution in [0.3, 0.4) is 0 Å². The van der Waals surface area contributed by atoms with Crippen LogP contribution >= 0.6 is 0 Å². The maximum absolute atomic E-state index is 5.48. The van der Waals surface area contributed by atoms with Crippen LogP contribution in [0.15, 0.2) is 174 Å². The van der Waals surface area contributed by atoms with E-state index in [1.807, 2.05) is 19.1 Å². The van der Waals surface area contributed by atoms with E-state index in [1.54, 1.807) is 0 Å². The summed E-state index contributed by atoms with van der Waals surface area (Å²) in [6, 6.07) is 58.5. The summed E-state index contributed by atoms with van der Waals surface area (Å²) in [5.74, 6) is 0.0112. The highest BCUT2D eigenvalue weighted by atomic mass is 14.8. The molecule has 0 fully saturated rings. The van der Waals surface area contributed by atoms with Gasteiger partial charge in [0.25, 0.3) is 0 Å². The van der Waals surface area contributed by atoms with Crippen LogP contribution < -0.4 is 0 Å².